The third kappa shape index (κ3) is 2.93. The van der Waals surface area contributed by atoms with Gasteiger partial charge in [0.1, 0.15) is 5.69 Å². The largest absolute Gasteiger partial charge is 0.349 e. The summed E-state index contributed by atoms with van der Waals surface area (Å²) in [5, 5.41) is 3.06. The number of hydrogen-bond donors (Lipinski definition) is 1. The maximum Gasteiger partial charge on any atom is 0.270 e. The molecule has 2 aromatic heterocycles. The maximum atomic E-state index is 12.4. The first-order valence-corrected chi connectivity index (χ1v) is 7.95. The number of hydrogen-bond acceptors (Lipinski definition) is 3. The van der Waals surface area contributed by atoms with Crippen LogP contribution >= 0.6 is 0 Å². The minimum Gasteiger partial charge on any atom is -0.349 e. The van der Waals surface area contributed by atoms with Crippen molar-refractivity contribution in [1.82, 2.24) is 19.8 Å². The van der Waals surface area contributed by atoms with E-state index < -0.39 is 0 Å². The zero-order valence-electron chi connectivity index (χ0n) is 13.8. The summed E-state index contributed by atoms with van der Waals surface area (Å²) in [6.07, 6.45) is 6.03. The summed E-state index contributed by atoms with van der Waals surface area (Å²) >= 11 is 0. The molecule has 0 atom stereocenters. The van der Waals surface area contributed by atoms with Crippen molar-refractivity contribution in [3.8, 4) is 0 Å². The summed E-state index contributed by atoms with van der Waals surface area (Å²) in [5.41, 5.74) is 2.60. The molecule has 0 saturated heterocycles. The van der Waals surface area contributed by atoms with Crippen LogP contribution in [0.25, 0.3) is 11.0 Å². The van der Waals surface area contributed by atoms with Crippen LogP contribution in [0.1, 0.15) is 46.5 Å². The molecule has 6 heteroatoms. The molecule has 23 heavy (non-hydrogen) atoms. The summed E-state index contributed by atoms with van der Waals surface area (Å²) in [5.74, 6) is -0.171. The van der Waals surface area contributed by atoms with Gasteiger partial charge in [0.15, 0.2) is 0 Å². The molecule has 6 nitrogen and oxygen atoms in total. The van der Waals surface area contributed by atoms with E-state index in [2.05, 4.69) is 10.3 Å². The van der Waals surface area contributed by atoms with Crippen molar-refractivity contribution in [2.75, 3.05) is 14.1 Å². The zero-order chi connectivity index (χ0) is 16.6. The second kappa shape index (κ2) is 6.02. The molecule has 2 amide bonds. The highest BCUT2D eigenvalue weighted by Gasteiger charge is 2.20. The van der Waals surface area contributed by atoms with Crippen LogP contribution in [0, 0.1) is 0 Å². The lowest BCUT2D eigenvalue weighted by Crippen LogP contribution is -2.32. The lowest BCUT2D eigenvalue weighted by Gasteiger charge is -2.12. The van der Waals surface area contributed by atoms with Gasteiger partial charge in [0.2, 0.25) is 0 Å². The molecular weight excluding hydrogens is 292 g/mol. The van der Waals surface area contributed by atoms with E-state index in [9.17, 15) is 9.59 Å². The number of fused-ring (bicyclic) bond motifs is 1. The number of pyridine rings is 1. The summed E-state index contributed by atoms with van der Waals surface area (Å²) in [7, 11) is 5.25. The van der Waals surface area contributed by atoms with Gasteiger partial charge in [-0.25, -0.2) is 0 Å². The highest BCUT2D eigenvalue weighted by Crippen LogP contribution is 2.21. The second-order valence-electron chi connectivity index (χ2n) is 6.37. The monoisotopic (exact) mass is 314 g/mol. The van der Waals surface area contributed by atoms with Gasteiger partial charge in [-0.15, -0.1) is 0 Å². The molecular formula is C17H22N4O2. The molecule has 3 rings (SSSR count). The third-order valence-corrected chi connectivity index (χ3v) is 4.47. The summed E-state index contributed by atoms with van der Waals surface area (Å²) in [6.45, 7) is 0. The number of aryl methyl sites for hydroxylation is 1. The van der Waals surface area contributed by atoms with Crippen molar-refractivity contribution >= 4 is 22.8 Å². The molecule has 0 bridgehead atoms. The number of nitrogens with one attached hydrogen (secondary N) is 1. The van der Waals surface area contributed by atoms with E-state index in [-0.39, 0.29) is 17.9 Å². The Morgan fingerprint density at radius 3 is 2.61 bits per heavy atom. The van der Waals surface area contributed by atoms with Crippen LogP contribution in [0.15, 0.2) is 18.3 Å². The Morgan fingerprint density at radius 1 is 1.26 bits per heavy atom. The molecule has 122 valence electrons. The topological polar surface area (TPSA) is 67.2 Å². The van der Waals surface area contributed by atoms with Gasteiger partial charge in [-0.05, 0) is 25.0 Å². The van der Waals surface area contributed by atoms with Crippen LogP contribution in [0.2, 0.25) is 0 Å². The number of carbonyl (C=O) groups is 2. The number of amides is 2. The fourth-order valence-corrected chi connectivity index (χ4v) is 3.10. The predicted octanol–water partition coefficient (Wildman–Crippen LogP) is 1.95. The smallest absolute Gasteiger partial charge is 0.270 e. The average Bonchev–Trinajstić information content (AvgIpc) is 3.14. The molecule has 1 N–H and O–H groups in total. The van der Waals surface area contributed by atoms with E-state index in [0.29, 0.717) is 11.3 Å². The van der Waals surface area contributed by atoms with Gasteiger partial charge in [-0.1, -0.05) is 12.8 Å². The molecule has 2 heterocycles. The lowest BCUT2D eigenvalue weighted by atomic mass is 10.2. The van der Waals surface area contributed by atoms with Gasteiger partial charge in [0.25, 0.3) is 11.8 Å². The Hall–Kier alpha value is -2.37. The second-order valence-corrected chi connectivity index (χ2v) is 6.37. The fraction of sp³-hybridized carbons (Fsp3) is 0.471. The van der Waals surface area contributed by atoms with Crippen molar-refractivity contribution in [2.24, 2.45) is 7.05 Å². The van der Waals surface area contributed by atoms with Crippen LogP contribution in [0.3, 0.4) is 0 Å². The van der Waals surface area contributed by atoms with Crippen molar-refractivity contribution in [2.45, 2.75) is 31.7 Å². The average molecular weight is 314 g/mol. The van der Waals surface area contributed by atoms with Gasteiger partial charge in [-0.2, -0.15) is 0 Å². The van der Waals surface area contributed by atoms with Crippen LogP contribution in [-0.4, -0.2) is 46.4 Å². The molecule has 1 aliphatic carbocycles. The lowest BCUT2D eigenvalue weighted by molar-refractivity contribution is 0.0818. The molecule has 1 aliphatic rings. The first-order valence-electron chi connectivity index (χ1n) is 7.95. The van der Waals surface area contributed by atoms with E-state index in [1.54, 1.807) is 37.0 Å². The Bertz CT molecular complexity index is 757. The van der Waals surface area contributed by atoms with E-state index in [1.807, 2.05) is 7.05 Å². The zero-order valence-corrected chi connectivity index (χ0v) is 13.8. The number of rotatable bonds is 3. The van der Waals surface area contributed by atoms with E-state index in [0.717, 1.165) is 23.9 Å². The molecule has 0 unspecified atom stereocenters. The molecule has 0 spiro atoms. The third-order valence-electron chi connectivity index (χ3n) is 4.47. The number of carbonyl (C=O) groups excluding carboxylic acids is 2. The van der Waals surface area contributed by atoms with Crippen LogP contribution < -0.4 is 5.32 Å². The summed E-state index contributed by atoms with van der Waals surface area (Å²) < 4.78 is 1.79. The van der Waals surface area contributed by atoms with Crippen LogP contribution in [0.4, 0.5) is 0 Å². The SMILES string of the molecule is CN(C)C(=O)c1cc2ncc(C(=O)NC3CCCC3)cc2n1C. The molecule has 1 saturated carbocycles. The Balaban J connectivity index is 1.90. The van der Waals surface area contributed by atoms with E-state index in [4.69, 9.17) is 0 Å². The highest BCUT2D eigenvalue weighted by molar-refractivity contribution is 6.00. The predicted molar refractivity (Wildman–Crippen MR) is 88.5 cm³/mol. The normalized spacial score (nSPS) is 15.1. The number of nitrogens with zero attached hydrogens (tertiary/aromatic N) is 3. The van der Waals surface area contributed by atoms with Crippen molar-refractivity contribution < 1.29 is 9.59 Å². The van der Waals surface area contributed by atoms with E-state index >= 15 is 0 Å². The highest BCUT2D eigenvalue weighted by atomic mass is 16.2. The summed E-state index contributed by atoms with van der Waals surface area (Å²) in [6, 6.07) is 3.84. The summed E-state index contributed by atoms with van der Waals surface area (Å²) in [4.78, 5) is 30.4. The molecule has 1 fully saturated rings. The Morgan fingerprint density at radius 2 is 1.96 bits per heavy atom. The Labute approximate surface area is 135 Å². The minimum absolute atomic E-state index is 0.0811. The standard InChI is InChI=1S/C17H22N4O2/c1-20(2)17(23)15-9-13-14(21(15)3)8-11(10-18-13)16(22)19-12-6-4-5-7-12/h8-10,12H,4-7H2,1-3H3,(H,19,22). The van der Waals surface area contributed by atoms with Gasteiger partial charge in [0, 0.05) is 33.4 Å². The van der Waals surface area contributed by atoms with Crippen molar-refractivity contribution in [3.63, 3.8) is 0 Å². The molecule has 0 radical (unpaired) electrons. The number of aromatic nitrogens is 2. The van der Waals surface area contributed by atoms with Gasteiger partial charge < -0.3 is 14.8 Å². The fourth-order valence-electron chi connectivity index (χ4n) is 3.10. The van der Waals surface area contributed by atoms with E-state index in [1.165, 1.54) is 17.7 Å². The maximum absolute atomic E-state index is 12.4. The first kappa shape index (κ1) is 15.5. The van der Waals surface area contributed by atoms with Crippen molar-refractivity contribution in [3.05, 3.63) is 29.6 Å². The van der Waals surface area contributed by atoms with Gasteiger partial charge in [0.05, 0.1) is 16.6 Å². The van der Waals surface area contributed by atoms with Crippen LogP contribution in [0.5, 0.6) is 0 Å². The van der Waals surface area contributed by atoms with Gasteiger partial charge in [-0.3, -0.25) is 14.6 Å². The molecule has 0 aliphatic heterocycles. The van der Waals surface area contributed by atoms with Crippen LogP contribution in [-0.2, 0) is 7.05 Å². The quantitative estimate of drug-likeness (QED) is 0.941. The Kier molecular flexibility index (Phi) is 4.07. The van der Waals surface area contributed by atoms with Gasteiger partial charge >= 0.3 is 0 Å². The molecule has 2 aromatic rings. The minimum atomic E-state index is -0.0898. The molecule has 0 aromatic carbocycles. The first-order chi connectivity index (χ1) is 11.0. The van der Waals surface area contributed by atoms with Crippen molar-refractivity contribution in [1.29, 1.82) is 0 Å².